The van der Waals surface area contributed by atoms with Crippen molar-refractivity contribution in [2.24, 2.45) is 0 Å². The van der Waals surface area contributed by atoms with Crippen LogP contribution in [0.5, 0.6) is 5.75 Å². The molecule has 247 valence electrons. The second-order valence-corrected chi connectivity index (χ2v) is 10.4. The number of carbonyl (C=O) groups excluding carboxylic acids is 3. The number of benzene rings is 1. The van der Waals surface area contributed by atoms with Crippen LogP contribution in [0.1, 0.15) is 25.8 Å². The molecular weight excluding hydrogens is 722 g/mol. The summed E-state index contributed by atoms with van der Waals surface area (Å²) in [5, 5.41) is 45.0. The average molecular weight is 765 g/mol. The van der Waals surface area contributed by atoms with Crippen LogP contribution in [0.15, 0.2) is 24.3 Å². The van der Waals surface area contributed by atoms with Crippen molar-refractivity contribution in [3.8, 4) is 5.75 Å². The number of hydrogen-bond acceptors (Lipinski definition) is 13. The maximum absolute atomic E-state index is 12.5. The van der Waals surface area contributed by atoms with Gasteiger partial charge >= 0.3 is 45.9 Å². The standard InChI is InChI=1S/C29H46N4O10.Gd/c1-3-24(28(38)39)32-13-9-30(20-26(34)35)11-15-33(16-12-31(10-14-32)21-27(36)37)25(29(40)41)19-22-5-7-23(8-6-22)43-18-17-42-4-2;/h5-8,24-25H,3-4,9-21H2,1-2H3,(H,34,35)(H,36,37)(H,38,39)(H,40,41);/q;+3/p-3. The van der Waals surface area contributed by atoms with Crippen molar-refractivity contribution in [2.45, 2.75) is 38.8 Å². The van der Waals surface area contributed by atoms with Crippen LogP contribution in [-0.2, 0) is 30.3 Å². The summed E-state index contributed by atoms with van der Waals surface area (Å²) in [7, 11) is 0. The van der Waals surface area contributed by atoms with Gasteiger partial charge in [0, 0.05) is 78.1 Å². The SMILES string of the molecule is CCOCCOc1ccc(CC(C(=O)O)N2CCN(CC(=O)[O-])CCN(C(CC)C(=O)[O-])CCN(CC(=O)[O-])CC2)cc1.[Gd+3]. The minimum Gasteiger partial charge on any atom is -0.549 e. The zero-order valence-electron chi connectivity index (χ0n) is 25.3. The van der Waals surface area contributed by atoms with Gasteiger partial charge in [0.25, 0.3) is 0 Å². The summed E-state index contributed by atoms with van der Waals surface area (Å²) >= 11 is 0. The van der Waals surface area contributed by atoms with Gasteiger partial charge < -0.3 is 44.3 Å². The summed E-state index contributed by atoms with van der Waals surface area (Å²) in [5.41, 5.74) is 0.748. The second-order valence-electron chi connectivity index (χ2n) is 10.4. The number of carboxylic acids is 4. The molecule has 1 radical (unpaired) electrons. The number of nitrogens with zero attached hydrogens (tertiary/aromatic N) is 4. The van der Waals surface area contributed by atoms with Crippen LogP contribution in [0.4, 0.5) is 0 Å². The molecule has 1 aliphatic heterocycles. The number of hydrogen-bond donors (Lipinski definition) is 1. The molecule has 14 nitrogen and oxygen atoms in total. The fourth-order valence-corrected chi connectivity index (χ4v) is 5.09. The van der Waals surface area contributed by atoms with E-state index in [1.807, 2.05) is 6.92 Å². The average Bonchev–Trinajstić information content (AvgIpc) is 2.94. The first-order chi connectivity index (χ1) is 20.5. The largest absolute Gasteiger partial charge is 3.00 e. The quantitative estimate of drug-likeness (QED) is 0.162. The van der Waals surface area contributed by atoms with E-state index in [2.05, 4.69) is 0 Å². The van der Waals surface area contributed by atoms with Crippen molar-refractivity contribution in [1.29, 1.82) is 0 Å². The minimum atomic E-state index is -1.31. The first-order valence-corrected chi connectivity index (χ1v) is 14.6. The molecule has 0 aliphatic carbocycles. The van der Waals surface area contributed by atoms with Crippen LogP contribution in [0.25, 0.3) is 0 Å². The summed E-state index contributed by atoms with van der Waals surface area (Å²) in [4.78, 5) is 53.8. The van der Waals surface area contributed by atoms with Gasteiger partial charge in [-0.1, -0.05) is 19.1 Å². The van der Waals surface area contributed by atoms with Gasteiger partial charge in [0.15, 0.2) is 0 Å². The van der Waals surface area contributed by atoms with Crippen LogP contribution >= 0.6 is 0 Å². The molecule has 1 fully saturated rings. The first kappa shape index (κ1) is 40.0. The van der Waals surface area contributed by atoms with E-state index in [9.17, 15) is 39.6 Å². The fraction of sp³-hybridized carbons (Fsp3) is 0.655. The monoisotopic (exact) mass is 765 g/mol. The molecule has 0 amide bonds. The number of ether oxygens (including phenoxy) is 2. The molecule has 1 aromatic rings. The molecule has 1 aromatic carbocycles. The van der Waals surface area contributed by atoms with E-state index in [1.54, 1.807) is 50.8 Å². The van der Waals surface area contributed by atoms with E-state index in [0.29, 0.717) is 25.6 Å². The molecule has 1 saturated heterocycles. The molecule has 0 saturated carbocycles. The molecule has 15 heteroatoms. The Morgan fingerprint density at radius 1 is 0.773 bits per heavy atom. The van der Waals surface area contributed by atoms with E-state index in [4.69, 9.17) is 9.47 Å². The zero-order chi connectivity index (χ0) is 31.8. The smallest absolute Gasteiger partial charge is 0.549 e. The van der Waals surface area contributed by atoms with Crippen LogP contribution in [0.2, 0.25) is 0 Å². The fourth-order valence-electron chi connectivity index (χ4n) is 5.09. The second kappa shape index (κ2) is 21.7. The number of carbonyl (C=O) groups is 4. The predicted octanol–water partition coefficient (Wildman–Crippen LogP) is -3.65. The van der Waals surface area contributed by atoms with Gasteiger partial charge in [-0.25, -0.2) is 0 Å². The molecule has 1 N–H and O–H groups in total. The molecule has 1 heterocycles. The van der Waals surface area contributed by atoms with Crippen LogP contribution < -0.4 is 20.1 Å². The van der Waals surface area contributed by atoms with E-state index in [1.165, 1.54) is 0 Å². The minimum absolute atomic E-state index is 0. The Kier molecular flexibility index (Phi) is 19.8. The Balaban J connectivity index is 0.00000968. The maximum Gasteiger partial charge on any atom is 3.00 e. The van der Waals surface area contributed by atoms with Crippen LogP contribution in [0.3, 0.4) is 0 Å². The summed E-state index contributed by atoms with van der Waals surface area (Å²) in [6, 6.07) is 5.14. The Labute approximate surface area is 290 Å². The Morgan fingerprint density at radius 2 is 1.25 bits per heavy atom. The van der Waals surface area contributed by atoms with E-state index in [-0.39, 0.29) is 105 Å². The predicted molar refractivity (Wildman–Crippen MR) is 149 cm³/mol. The molecule has 0 bridgehead atoms. The van der Waals surface area contributed by atoms with Gasteiger partial charge in [-0.05, 0) is 37.5 Å². The third kappa shape index (κ3) is 14.9. The number of rotatable bonds is 16. The molecular formula is C29H43GdN4O10. The topological polar surface area (TPSA) is 189 Å². The molecule has 0 spiro atoms. The van der Waals surface area contributed by atoms with Crippen molar-refractivity contribution in [3.63, 3.8) is 0 Å². The van der Waals surface area contributed by atoms with Crippen LogP contribution in [0, 0.1) is 39.9 Å². The Bertz CT molecular complexity index is 1000. The van der Waals surface area contributed by atoms with Gasteiger partial charge in [0.05, 0.1) is 24.5 Å². The first-order valence-electron chi connectivity index (χ1n) is 14.6. The van der Waals surface area contributed by atoms with Gasteiger partial charge in [0.1, 0.15) is 18.4 Å². The van der Waals surface area contributed by atoms with Crippen molar-refractivity contribution in [1.82, 2.24) is 19.6 Å². The van der Waals surface area contributed by atoms with E-state index >= 15 is 0 Å². The maximum atomic E-state index is 12.5. The summed E-state index contributed by atoms with van der Waals surface area (Å²) in [6.45, 7) is 5.56. The summed E-state index contributed by atoms with van der Waals surface area (Å²) < 4.78 is 10.9. The number of carboxylic acid groups (broad SMARTS) is 4. The zero-order valence-corrected chi connectivity index (χ0v) is 27.6. The number of aliphatic carboxylic acids is 4. The molecule has 2 rings (SSSR count). The van der Waals surface area contributed by atoms with Crippen molar-refractivity contribution >= 4 is 23.9 Å². The Hall–Kier alpha value is -1.98. The van der Waals surface area contributed by atoms with Crippen molar-refractivity contribution in [3.05, 3.63) is 29.8 Å². The molecule has 2 atom stereocenters. The van der Waals surface area contributed by atoms with Crippen LogP contribution in [-0.4, -0.2) is 146 Å². The van der Waals surface area contributed by atoms with Crippen molar-refractivity contribution < 1.29 is 89.0 Å². The normalized spacial score (nSPS) is 17.8. The molecule has 0 aromatic heterocycles. The van der Waals surface area contributed by atoms with E-state index in [0.717, 1.165) is 5.56 Å². The molecule has 1 aliphatic rings. The van der Waals surface area contributed by atoms with Gasteiger partial charge in [0.2, 0.25) is 0 Å². The summed E-state index contributed by atoms with van der Waals surface area (Å²) in [6.07, 6.45) is 0.394. The van der Waals surface area contributed by atoms with Gasteiger partial charge in [-0.15, -0.1) is 0 Å². The third-order valence-corrected chi connectivity index (χ3v) is 7.40. The van der Waals surface area contributed by atoms with E-state index < -0.39 is 49.1 Å². The van der Waals surface area contributed by atoms with Gasteiger partial charge in [-0.2, -0.15) is 0 Å². The third-order valence-electron chi connectivity index (χ3n) is 7.40. The molecule has 2 unspecified atom stereocenters. The van der Waals surface area contributed by atoms with Crippen molar-refractivity contribution in [2.75, 3.05) is 85.3 Å². The Morgan fingerprint density at radius 3 is 1.64 bits per heavy atom. The molecule has 44 heavy (non-hydrogen) atoms. The van der Waals surface area contributed by atoms with Gasteiger partial charge in [-0.3, -0.25) is 24.4 Å². The summed E-state index contributed by atoms with van der Waals surface area (Å²) in [5.74, 6) is -4.34.